The Kier molecular flexibility index (Phi) is 3.37. The van der Waals surface area contributed by atoms with Crippen molar-refractivity contribution in [2.24, 2.45) is 0 Å². The van der Waals surface area contributed by atoms with Crippen molar-refractivity contribution in [2.75, 3.05) is 0 Å². The average molecular weight is 472 g/mol. The molecule has 6 rings (SSSR count). The van der Waals surface area contributed by atoms with E-state index in [0.717, 1.165) is 18.3 Å². The standard InChI is InChI=1S/C22H11F7S2/c1-18-15(11-7-3-5-9-13(11)31-18)16-14(10-6-2-4-8-12(10)30-16)17-19(18,23)21(26,27)22(28,29)20(17,24)25/h2-9H,1H3. The van der Waals surface area contributed by atoms with Gasteiger partial charge < -0.3 is 0 Å². The van der Waals surface area contributed by atoms with Crippen LogP contribution in [-0.4, -0.2) is 28.2 Å². The van der Waals surface area contributed by atoms with Crippen molar-refractivity contribution in [3.63, 3.8) is 0 Å². The summed E-state index contributed by atoms with van der Waals surface area (Å²) in [5.74, 6) is -16.9. The summed E-state index contributed by atoms with van der Waals surface area (Å²) < 4.78 is 105. The minimum atomic E-state index is -5.89. The minimum absolute atomic E-state index is 0.0590. The summed E-state index contributed by atoms with van der Waals surface area (Å²) in [6.07, 6.45) is 0. The molecule has 31 heavy (non-hydrogen) atoms. The Morgan fingerprint density at radius 1 is 0.774 bits per heavy atom. The van der Waals surface area contributed by atoms with Crippen molar-refractivity contribution >= 4 is 44.3 Å². The molecule has 1 saturated carbocycles. The normalized spacial score (nSPS) is 31.4. The molecule has 0 N–H and O–H groups in total. The molecule has 2 heterocycles. The van der Waals surface area contributed by atoms with Gasteiger partial charge in [-0.2, -0.15) is 26.3 Å². The molecule has 0 spiro atoms. The molecule has 1 aliphatic heterocycles. The van der Waals surface area contributed by atoms with Crippen LogP contribution in [0.1, 0.15) is 12.5 Å². The van der Waals surface area contributed by atoms with E-state index in [1.54, 1.807) is 36.4 Å². The first kappa shape index (κ1) is 19.7. The molecule has 3 aliphatic rings. The number of benzene rings is 2. The zero-order chi connectivity index (χ0) is 22.2. The Bertz CT molecular complexity index is 1440. The molecule has 0 bridgehead atoms. The predicted octanol–water partition coefficient (Wildman–Crippen LogP) is 5.76. The number of halogens is 7. The lowest BCUT2D eigenvalue weighted by molar-refractivity contribution is -0.287. The summed E-state index contributed by atoms with van der Waals surface area (Å²) in [5, 5.41) is -0.466. The van der Waals surface area contributed by atoms with Crippen LogP contribution in [0.25, 0.3) is 21.2 Å². The van der Waals surface area contributed by atoms with E-state index in [2.05, 4.69) is 0 Å². The van der Waals surface area contributed by atoms with Gasteiger partial charge in [-0.25, -0.2) is 4.39 Å². The first-order valence-electron chi connectivity index (χ1n) is 9.29. The van der Waals surface area contributed by atoms with Crippen molar-refractivity contribution in [1.29, 1.82) is 0 Å². The van der Waals surface area contributed by atoms with Gasteiger partial charge in [0, 0.05) is 24.7 Å². The summed E-state index contributed by atoms with van der Waals surface area (Å²) in [5.41, 5.74) is -5.66. The topological polar surface area (TPSA) is 0 Å². The van der Waals surface area contributed by atoms with Crippen LogP contribution in [0.5, 0.6) is 0 Å². The van der Waals surface area contributed by atoms with Gasteiger partial charge in [0.15, 0.2) is 0 Å². The molecule has 3 aromatic rings. The molecular weight excluding hydrogens is 461 g/mol. The van der Waals surface area contributed by atoms with Gasteiger partial charge in [-0.15, -0.1) is 23.1 Å². The van der Waals surface area contributed by atoms with Crippen LogP contribution in [-0.2, 0) is 0 Å². The number of thioether (sulfide) groups is 1. The Morgan fingerprint density at radius 2 is 1.42 bits per heavy atom. The molecule has 0 radical (unpaired) electrons. The summed E-state index contributed by atoms with van der Waals surface area (Å²) >= 11 is 1.63. The molecule has 0 saturated heterocycles. The lowest BCUT2D eigenvalue weighted by atomic mass is 9.72. The number of hydrogen-bond acceptors (Lipinski definition) is 2. The van der Waals surface area contributed by atoms with E-state index >= 15 is 22.0 Å². The van der Waals surface area contributed by atoms with Gasteiger partial charge in [-0.05, 0) is 30.2 Å². The van der Waals surface area contributed by atoms with E-state index in [1.807, 2.05) is 0 Å². The van der Waals surface area contributed by atoms with Crippen LogP contribution >= 0.6 is 23.1 Å². The molecule has 2 aromatic carbocycles. The van der Waals surface area contributed by atoms with E-state index in [4.69, 9.17) is 0 Å². The third-order valence-corrected chi connectivity index (χ3v) is 9.22. The molecule has 2 atom stereocenters. The van der Waals surface area contributed by atoms with Gasteiger partial charge >= 0.3 is 17.8 Å². The second kappa shape index (κ2) is 5.31. The molecule has 0 nitrogen and oxygen atoms in total. The van der Waals surface area contributed by atoms with Crippen LogP contribution in [0.4, 0.5) is 30.7 Å². The molecule has 1 fully saturated rings. The fourth-order valence-electron chi connectivity index (χ4n) is 5.15. The van der Waals surface area contributed by atoms with Gasteiger partial charge in [0.05, 0.1) is 10.3 Å². The summed E-state index contributed by atoms with van der Waals surface area (Å²) in [4.78, 5) is 0.385. The van der Waals surface area contributed by atoms with Gasteiger partial charge in [0.2, 0.25) is 5.67 Å². The first-order valence-corrected chi connectivity index (χ1v) is 10.9. The number of alkyl halides is 7. The summed E-state index contributed by atoms with van der Waals surface area (Å²) in [6, 6.07) is 12.4. The lowest BCUT2D eigenvalue weighted by Gasteiger charge is -2.43. The Morgan fingerprint density at radius 3 is 2.16 bits per heavy atom. The summed E-state index contributed by atoms with van der Waals surface area (Å²) in [6.45, 7) is 1.03. The van der Waals surface area contributed by atoms with Gasteiger partial charge in [-0.1, -0.05) is 36.4 Å². The molecule has 2 aliphatic carbocycles. The zero-order valence-electron chi connectivity index (χ0n) is 15.6. The molecule has 160 valence electrons. The summed E-state index contributed by atoms with van der Waals surface area (Å²) in [7, 11) is 0. The number of thiophene rings is 1. The fraction of sp³-hybridized carbons (Fsp3) is 0.273. The van der Waals surface area contributed by atoms with Crippen LogP contribution in [0.3, 0.4) is 0 Å². The van der Waals surface area contributed by atoms with Gasteiger partial charge in [0.1, 0.15) is 0 Å². The predicted molar refractivity (Wildman–Crippen MR) is 106 cm³/mol. The SMILES string of the molecule is CC12Sc3ccccc3C1=c1sc3ccccc3c1=C1C(F)(F)C(F)(F)C(F)(F)C12F. The number of hydrogen-bond donors (Lipinski definition) is 0. The van der Waals surface area contributed by atoms with E-state index in [9.17, 15) is 8.78 Å². The number of fused-ring (bicyclic) bond motifs is 8. The van der Waals surface area contributed by atoms with E-state index < -0.39 is 39.0 Å². The van der Waals surface area contributed by atoms with E-state index in [0.29, 0.717) is 26.9 Å². The largest absolute Gasteiger partial charge is 0.379 e. The monoisotopic (exact) mass is 472 g/mol. The second-order valence-electron chi connectivity index (χ2n) is 8.07. The fourth-order valence-corrected chi connectivity index (χ4v) is 8.15. The third-order valence-electron chi connectivity index (χ3n) is 6.56. The van der Waals surface area contributed by atoms with E-state index in [1.165, 1.54) is 12.1 Å². The highest BCUT2D eigenvalue weighted by molar-refractivity contribution is 8.01. The first-order chi connectivity index (χ1) is 14.4. The van der Waals surface area contributed by atoms with E-state index in [-0.39, 0.29) is 15.5 Å². The highest BCUT2D eigenvalue weighted by atomic mass is 32.2. The van der Waals surface area contributed by atoms with Crippen LogP contribution in [0, 0.1) is 0 Å². The average Bonchev–Trinajstić information content (AvgIpc) is 3.24. The molecule has 9 heteroatoms. The Hall–Kier alpha value is -2.00. The molecule has 0 amide bonds. The second-order valence-corrected chi connectivity index (χ2v) is 10.6. The van der Waals surface area contributed by atoms with Crippen molar-refractivity contribution in [3.05, 3.63) is 63.8 Å². The maximum atomic E-state index is 16.7. The molecule has 1 aromatic heterocycles. The third kappa shape index (κ3) is 1.78. The van der Waals surface area contributed by atoms with Crippen LogP contribution in [0.2, 0.25) is 0 Å². The van der Waals surface area contributed by atoms with Crippen molar-refractivity contribution in [2.45, 2.75) is 40.0 Å². The maximum absolute atomic E-state index is 16.7. The highest BCUT2D eigenvalue weighted by Crippen LogP contribution is 2.74. The van der Waals surface area contributed by atoms with Crippen molar-refractivity contribution < 1.29 is 30.7 Å². The highest BCUT2D eigenvalue weighted by Gasteiger charge is 2.94. The quantitative estimate of drug-likeness (QED) is 0.375. The van der Waals surface area contributed by atoms with Crippen LogP contribution < -0.4 is 9.75 Å². The van der Waals surface area contributed by atoms with Gasteiger partial charge in [0.25, 0.3) is 0 Å². The Labute approximate surface area is 179 Å². The van der Waals surface area contributed by atoms with Crippen molar-refractivity contribution in [1.82, 2.24) is 0 Å². The zero-order valence-corrected chi connectivity index (χ0v) is 17.2. The molecule has 2 unspecified atom stereocenters. The molecular formula is C22H11F7S2. The lowest BCUT2D eigenvalue weighted by Crippen LogP contribution is -2.63. The number of rotatable bonds is 0. The Balaban J connectivity index is 1.98. The van der Waals surface area contributed by atoms with Crippen molar-refractivity contribution in [3.8, 4) is 0 Å². The minimum Gasteiger partial charge on any atom is -0.230 e. The maximum Gasteiger partial charge on any atom is 0.379 e. The smallest absolute Gasteiger partial charge is 0.230 e. The van der Waals surface area contributed by atoms with Crippen LogP contribution in [0.15, 0.2) is 53.4 Å². The van der Waals surface area contributed by atoms with Gasteiger partial charge in [-0.3, -0.25) is 0 Å².